The number of hydrogen-bond donors (Lipinski definition) is 1. The van der Waals surface area contributed by atoms with E-state index in [1.54, 1.807) is 0 Å². The molecule has 0 saturated carbocycles. The zero-order valence-corrected chi connectivity index (χ0v) is 11.0. The fourth-order valence-corrected chi connectivity index (χ4v) is 2.60. The Morgan fingerprint density at radius 2 is 2.25 bits per heavy atom. The van der Waals surface area contributed by atoms with E-state index in [1.807, 2.05) is 14.0 Å². The second-order valence-corrected chi connectivity index (χ2v) is 4.93. The third-order valence-corrected chi connectivity index (χ3v) is 3.46. The molecule has 94 valence electrons. The summed E-state index contributed by atoms with van der Waals surface area (Å²) in [7, 11) is 1.91. The first-order valence-electron chi connectivity index (χ1n) is 6.65. The number of likely N-dealkylation sites (tertiary alicyclic amines) is 1. The van der Waals surface area contributed by atoms with Crippen LogP contribution in [-0.2, 0) is 4.79 Å². The summed E-state index contributed by atoms with van der Waals surface area (Å²) in [6.07, 6.45) is 6.01. The molecule has 0 aromatic carbocycles. The minimum absolute atomic E-state index is 0.113. The zero-order chi connectivity index (χ0) is 12.0. The maximum absolute atomic E-state index is 12.3. The Kier molecular flexibility index (Phi) is 5.81. The van der Waals surface area contributed by atoms with Crippen molar-refractivity contribution in [3.63, 3.8) is 0 Å². The van der Waals surface area contributed by atoms with Gasteiger partial charge in [0.1, 0.15) is 0 Å². The molecule has 1 fully saturated rings. The number of nitrogens with one attached hydrogen (secondary N) is 1. The Bertz CT molecular complexity index is 216. The van der Waals surface area contributed by atoms with Gasteiger partial charge in [-0.1, -0.05) is 20.3 Å². The molecular formula is C13H26N2O. The van der Waals surface area contributed by atoms with Crippen molar-refractivity contribution in [3.8, 4) is 0 Å². The van der Waals surface area contributed by atoms with Crippen LogP contribution in [0, 0.1) is 5.92 Å². The van der Waals surface area contributed by atoms with Gasteiger partial charge in [-0.05, 0) is 32.7 Å². The molecule has 1 amide bonds. The van der Waals surface area contributed by atoms with Gasteiger partial charge in [-0.2, -0.15) is 0 Å². The fourth-order valence-electron chi connectivity index (χ4n) is 2.60. The first-order valence-corrected chi connectivity index (χ1v) is 6.65. The Labute approximate surface area is 99.6 Å². The summed E-state index contributed by atoms with van der Waals surface area (Å²) in [5, 5.41) is 3.09. The van der Waals surface area contributed by atoms with E-state index in [0.717, 1.165) is 19.5 Å². The topological polar surface area (TPSA) is 32.3 Å². The largest absolute Gasteiger partial charge is 0.339 e. The van der Waals surface area contributed by atoms with Crippen LogP contribution in [-0.4, -0.2) is 37.0 Å². The van der Waals surface area contributed by atoms with Crippen molar-refractivity contribution in [2.24, 2.45) is 5.92 Å². The maximum atomic E-state index is 12.3. The Morgan fingerprint density at radius 1 is 1.50 bits per heavy atom. The first kappa shape index (κ1) is 13.5. The highest BCUT2D eigenvalue weighted by Crippen LogP contribution is 2.22. The zero-order valence-electron chi connectivity index (χ0n) is 11.0. The highest BCUT2D eigenvalue weighted by Gasteiger charge is 2.28. The molecular weight excluding hydrogens is 200 g/mol. The Balaban J connectivity index is 2.56. The molecule has 1 aliphatic rings. The maximum Gasteiger partial charge on any atom is 0.226 e. The summed E-state index contributed by atoms with van der Waals surface area (Å²) >= 11 is 0. The van der Waals surface area contributed by atoms with Crippen LogP contribution >= 0.6 is 0 Å². The van der Waals surface area contributed by atoms with E-state index in [0.29, 0.717) is 11.9 Å². The van der Waals surface area contributed by atoms with E-state index in [1.165, 1.54) is 25.7 Å². The number of amides is 1. The van der Waals surface area contributed by atoms with Crippen LogP contribution < -0.4 is 5.32 Å². The van der Waals surface area contributed by atoms with Gasteiger partial charge in [0.2, 0.25) is 5.91 Å². The molecule has 0 bridgehead atoms. The molecule has 0 aromatic heterocycles. The van der Waals surface area contributed by atoms with Crippen LogP contribution in [0.25, 0.3) is 0 Å². The van der Waals surface area contributed by atoms with Crippen LogP contribution in [0.2, 0.25) is 0 Å². The third-order valence-electron chi connectivity index (χ3n) is 3.46. The minimum atomic E-state index is 0.113. The highest BCUT2D eigenvalue weighted by molar-refractivity contribution is 5.79. The van der Waals surface area contributed by atoms with Gasteiger partial charge >= 0.3 is 0 Å². The molecule has 16 heavy (non-hydrogen) atoms. The monoisotopic (exact) mass is 226 g/mol. The summed E-state index contributed by atoms with van der Waals surface area (Å²) < 4.78 is 0. The first-order chi connectivity index (χ1) is 7.70. The lowest BCUT2D eigenvalue weighted by molar-refractivity contribution is -0.138. The normalized spacial score (nSPS) is 23.2. The number of piperidine rings is 1. The molecule has 1 heterocycles. The molecule has 0 radical (unpaired) electrons. The number of rotatable bonds is 5. The SMILES string of the molecule is CCCC1CCCCN1C(=O)C(C)CNC. The van der Waals surface area contributed by atoms with Gasteiger partial charge in [0.05, 0.1) is 0 Å². The van der Waals surface area contributed by atoms with E-state index in [4.69, 9.17) is 0 Å². The summed E-state index contributed by atoms with van der Waals surface area (Å²) in [6, 6.07) is 0.505. The summed E-state index contributed by atoms with van der Waals surface area (Å²) in [4.78, 5) is 14.4. The molecule has 3 heteroatoms. The van der Waals surface area contributed by atoms with Crippen LogP contribution in [0.4, 0.5) is 0 Å². The Morgan fingerprint density at radius 3 is 2.88 bits per heavy atom. The van der Waals surface area contributed by atoms with Crippen molar-refractivity contribution in [1.29, 1.82) is 0 Å². The summed E-state index contributed by atoms with van der Waals surface area (Å²) in [5.41, 5.74) is 0. The smallest absolute Gasteiger partial charge is 0.226 e. The molecule has 1 N–H and O–H groups in total. The van der Waals surface area contributed by atoms with E-state index >= 15 is 0 Å². The van der Waals surface area contributed by atoms with Crippen molar-refractivity contribution in [3.05, 3.63) is 0 Å². The quantitative estimate of drug-likeness (QED) is 0.778. The second kappa shape index (κ2) is 6.89. The molecule has 0 aromatic rings. The average molecular weight is 226 g/mol. The molecule has 2 atom stereocenters. The summed E-state index contributed by atoms with van der Waals surface area (Å²) in [6.45, 7) is 5.98. The van der Waals surface area contributed by atoms with Crippen LogP contribution in [0.3, 0.4) is 0 Å². The van der Waals surface area contributed by atoms with Gasteiger partial charge in [-0.3, -0.25) is 4.79 Å². The standard InChI is InChI=1S/C13H26N2O/c1-4-7-12-8-5-6-9-15(12)13(16)11(2)10-14-3/h11-12,14H,4-10H2,1-3H3. The van der Waals surface area contributed by atoms with Gasteiger partial charge in [0, 0.05) is 25.0 Å². The molecule has 3 nitrogen and oxygen atoms in total. The van der Waals surface area contributed by atoms with Crippen molar-refractivity contribution < 1.29 is 4.79 Å². The van der Waals surface area contributed by atoms with Gasteiger partial charge in [0.25, 0.3) is 0 Å². The number of carbonyl (C=O) groups is 1. The third kappa shape index (κ3) is 3.48. The van der Waals surface area contributed by atoms with Gasteiger partial charge in [-0.25, -0.2) is 0 Å². The van der Waals surface area contributed by atoms with Crippen LogP contribution in [0.1, 0.15) is 46.0 Å². The predicted molar refractivity (Wildman–Crippen MR) is 67.4 cm³/mol. The molecule has 2 unspecified atom stereocenters. The van der Waals surface area contributed by atoms with E-state index in [-0.39, 0.29) is 5.92 Å². The molecule has 1 rings (SSSR count). The minimum Gasteiger partial charge on any atom is -0.339 e. The predicted octanol–water partition coefficient (Wildman–Crippen LogP) is 2.02. The van der Waals surface area contributed by atoms with Crippen LogP contribution in [0.5, 0.6) is 0 Å². The second-order valence-electron chi connectivity index (χ2n) is 4.93. The van der Waals surface area contributed by atoms with E-state index in [9.17, 15) is 4.79 Å². The number of hydrogen-bond acceptors (Lipinski definition) is 2. The summed E-state index contributed by atoms with van der Waals surface area (Å²) in [5.74, 6) is 0.454. The van der Waals surface area contributed by atoms with Crippen molar-refractivity contribution in [1.82, 2.24) is 10.2 Å². The fraction of sp³-hybridized carbons (Fsp3) is 0.923. The number of nitrogens with zero attached hydrogens (tertiary/aromatic N) is 1. The highest BCUT2D eigenvalue weighted by atomic mass is 16.2. The average Bonchev–Trinajstić information content (AvgIpc) is 2.29. The molecule has 0 aliphatic carbocycles. The van der Waals surface area contributed by atoms with Gasteiger partial charge in [-0.15, -0.1) is 0 Å². The lowest BCUT2D eigenvalue weighted by atomic mass is 9.96. The Hall–Kier alpha value is -0.570. The lowest BCUT2D eigenvalue weighted by Crippen LogP contribution is -2.47. The van der Waals surface area contributed by atoms with Crippen molar-refractivity contribution in [2.75, 3.05) is 20.1 Å². The molecule has 0 spiro atoms. The molecule has 1 aliphatic heterocycles. The van der Waals surface area contributed by atoms with Crippen molar-refractivity contribution >= 4 is 5.91 Å². The van der Waals surface area contributed by atoms with E-state index < -0.39 is 0 Å². The van der Waals surface area contributed by atoms with Gasteiger partial charge in [0.15, 0.2) is 0 Å². The lowest BCUT2D eigenvalue weighted by Gasteiger charge is -2.37. The van der Waals surface area contributed by atoms with Crippen molar-refractivity contribution in [2.45, 2.75) is 52.0 Å². The number of carbonyl (C=O) groups excluding carboxylic acids is 1. The van der Waals surface area contributed by atoms with Crippen LogP contribution in [0.15, 0.2) is 0 Å². The van der Waals surface area contributed by atoms with Gasteiger partial charge < -0.3 is 10.2 Å². The van der Waals surface area contributed by atoms with E-state index in [2.05, 4.69) is 17.1 Å². The molecule has 1 saturated heterocycles.